The van der Waals surface area contributed by atoms with Gasteiger partial charge in [0.1, 0.15) is 0 Å². The van der Waals surface area contributed by atoms with Gasteiger partial charge in [-0.2, -0.15) is 11.8 Å². The standard InChI is InChI=1S/C34H60O3SSi/c1-10-34(36,11-2)20-21-38-29(23-37-39(8,9)31(3,4)5)30-28(35)22-27-25-16-15-24-14-12-13-18-32(24,6)26(25)17-19-33(27,30)7/h15-16,26-30,35-36H,10-14,17-23H2,1-9H3/t26-,27-,28+,29+,30+,32-,33-/m0/s1. The summed E-state index contributed by atoms with van der Waals surface area (Å²) in [6.07, 6.45) is 15.8. The Labute approximate surface area is 246 Å². The summed E-state index contributed by atoms with van der Waals surface area (Å²) in [5.41, 5.74) is 3.19. The molecule has 0 aromatic carbocycles. The molecule has 3 nitrogen and oxygen atoms in total. The van der Waals surface area contributed by atoms with Gasteiger partial charge in [0.2, 0.25) is 0 Å². The van der Waals surface area contributed by atoms with Gasteiger partial charge in [-0.1, -0.05) is 78.2 Å². The Hall–Kier alpha value is -0.0731. The first-order valence-electron chi connectivity index (χ1n) is 16.2. The second kappa shape index (κ2) is 11.5. The van der Waals surface area contributed by atoms with Crippen molar-refractivity contribution in [1.82, 2.24) is 0 Å². The molecule has 4 aliphatic carbocycles. The number of hydrogen-bond acceptors (Lipinski definition) is 4. The van der Waals surface area contributed by atoms with Gasteiger partial charge in [-0.15, -0.1) is 0 Å². The summed E-state index contributed by atoms with van der Waals surface area (Å²) in [7, 11) is -1.92. The Morgan fingerprint density at radius 2 is 1.77 bits per heavy atom. The molecule has 39 heavy (non-hydrogen) atoms. The van der Waals surface area contributed by atoms with E-state index in [2.05, 4.69) is 73.7 Å². The first-order chi connectivity index (χ1) is 18.1. The molecule has 0 bridgehead atoms. The third-order valence-electron chi connectivity index (χ3n) is 12.6. The largest absolute Gasteiger partial charge is 0.416 e. The fourth-order valence-corrected chi connectivity index (χ4v) is 11.3. The molecule has 0 radical (unpaired) electrons. The molecule has 5 heteroatoms. The van der Waals surface area contributed by atoms with Crippen molar-refractivity contribution < 1.29 is 14.6 Å². The van der Waals surface area contributed by atoms with Crippen LogP contribution in [0.5, 0.6) is 0 Å². The molecule has 0 aromatic rings. The molecule has 0 spiro atoms. The number of rotatable bonds is 10. The number of aliphatic hydroxyl groups excluding tert-OH is 1. The van der Waals surface area contributed by atoms with Crippen LogP contribution in [0.15, 0.2) is 23.3 Å². The van der Waals surface area contributed by atoms with Crippen LogP contribution in [0.3, 0.4) is 0 Å². The minimum atomic E-state index is -1.92. The van der Waals surface area contributed by atoms with Crippen LogP contribution in [-0.4, -0.2) is 47.8 Å². The second-order valence-electron chi connectivity index (χ2n) is 15.6. The van der Waals surface area contributed by atoms with Crippen LogP contribution in [0.2, 0.25) is 18.1 Å². The Morgan fingerprint density at radius 3 is 2.41 bits per heavy atom. The molecule has 0 amide bonds. The van der Waals surface area contributed by atoms with Crippen molar-refractivity contribution in [3.63, 3.8) is 0 Å². The molecule has 0 aromatic heterocycles. The molecule has 0 saturated heterocycles. The lowest BCUT2D eigenvalue weighted by molar-refractivity contribution is 0.0286. The van der Waals surface area contributed by atoms with Crippen LogP contribution >= 0.6 is 11.8 Å². The molecule has 7 atom stereocenters. The predicted molar refractivity (Wildman–Crippen MR) is 171 cm³/mol. The van der Waals surface area contributed by atoms with E-state index in [4.69, 9.17) is 4.43 Å². The van der Waals surface area contributed by atoms with Crippen LogP contribution in [0, 0.1) is 28.6 Å². The molecule has 3 fully saturated rings. The molecular weight excluding hydrogens is 517 g/mol. The Morgan fingerprint density at radius 1 is 1.08 bits per heavy atom. The van der Waals surface area contributed by atoms with Crippen molar-refractivity contribution in [2.24, 2.45) is 28.6 Å². The van der Waals surface area contributed by atoms with E-state index >= 15 is 0 Å². The van der Waals surface area contributed by atoms with Crippen molar-refractivity contribution in [2.45, 2.75) is 148 Å². The van der Waals surface area contributed by atoms with Crippen LogP contribution in [0.1, 0.15) is 113 Å². The Balaban J connectivity index is 1.60. The van der Waals surface area contributed by atoms with Crippen LogP contribution in [0.4, 0.5) is 0 Å². The van der Waals surface area contributed by atoms with E-state index in [0.717, 1.165) is 31.4 Å². The highest BCUT2D eigenvalue weighted by molar-refractivity contribution is 7.99. The van der Waals surface area contributed by atoms with Gasteiger partial charge < -0.3 is 14.6 Å². The monoisotopic (exact) mass is 576 g/mol. The topological polar surface area (TPSA) is 49.7 Å². The predicted octanol–water partition coefficient (Wildman–Crippen LogP) is 8.91. The smallest absolute Gasteiger partial charge is 0.192 e. The first kappa shape index (κ1) is 31.9. The molecule has 0 unspecified atom stereocenters. The molecule has 4 aliphatic rings. The van der Waals surface area contributed by atoms with Gasteiger partial charge in [0.25, 0.3) is 0 Å². The molecule has 224 valence electrons. The summed E-state index contributed by atoms with van der Waals surface area (Å²) >= 11 is 1.98. The zero-order chi connectivity index (χ0) is 28.9. The highest BCUT2D eigenvalue weighted by atomic mass is 32.2. The summed E-state index contributed by atoms with van der Waals surface area (Å²) in [5, 5.41) is 23.3. The Kier molecular flexibility index (Phi) is 9.43. The molecule has 0 aliphatic heterocycles. The zero-order valence-corrected chi connectivity index (χ0v) is 28.6. The van der Waals surface area contributed by atoms with E-state index < -0.39 is 13.9 Å². The summed E-state index contributed by atoms with van der Waals surface area (Å²) in [6.45, 7) is 21.6. The van der Waals surface area contributed by atoms with E-state index in [0.29, 0.717) is 23.9 Å². The van der Waals surface area contributed by atoms with Crippen molar-refractivity contribution in [3.05, 3.63) is 23.3 Å². The van der Waals surface area contributed by atoms with Gasteiger partial charge in [-0.3, -0.25) is 0 Å². The van der Waals surface area contributed by atoms with E-state index in [1.807, 2.05) is 11.8 Å². The van der Waals surface area contributed by atoms with E-state index in [9.17, 15) is 10.2 Å². The summed E-state index contributed by atoms with van der Waals surface area (Å²) in [5.74, 6) is 2.26. The van der Waals surface area contributed by atoms with Gasteiger partial charge >= 0.3 is 0 Å². The maximum absolute atomic E-state index is 11.8. The number of allylic oxidation sites excluding steroid dienone is 4. The number of fused-ring (bicyclic) bond motifs is 5. The highest BCUT2D eigenvalue weighted by Gasteiger charge is 2.60. The van der Waals surface area contributed by atoms with Crippen LogP contribution in [0.25, 0.3) is 0 Å². The van der Waals surface area contributed by atoms with Gasteiger partial charge in [0, 0.05) is 17.8 Å². The number of thioether (sulfide) groups is 1. The SMILES string of the molecule is CCC(O)(CC)CCS[C@H](CO[Si](C)(C)C(C)(C)C)[C@H]1[C@H](O)C[C@H]2C3=CC=C4CCCC[C@]4(C)[C@H]3CC[C@]12C. The van der Waals surface area contributed by atoms with E-state index in [1.165, 1.54) is 38.5 Å². The Bertz CT molecular complexity index is 931. The van der Waals surface area contributed by atoms with Crippen molar-refractivity contribution >= 4 is 20.1 Å². The number of aliphatic hydroxyl groups is 2. The highest BCUT2D eigenvalue weighted by Crippen LogP contribution is 2.66. The molecule has 0 heterocycles. The lowest BCUT2D eigenvalue weighted by Gasteiger charge is -2.55. The van der Waals surface area contributed by atoms with Crippen LogP contribution < -0.4 is 0 Å². The average molecular weight is 577 g/mol. The maximum atomic E-state index is 11.8. The third-order valence-corrected chi connectivity index (χ3v) is 18.4. The van der Waals surface area contributed by atoms with Gasteiger partial charge in [-0.05, 0) is 104 Å². The van der Waals surface area contributed by atoms with Gasteiger partial charge in [0.05, 0.1) is 11.7 Å². The molecule has 2 N–H and O–H groups in total. The lowest BCUT2D eigenvalue weighted by atomic mass is 9.50. The zero-order valence-electron chi connectivity index (χ0n) is 26.7. The summed E-state index contributed by atoms with van der Waals surface area (Å²) in [6, 6.07) is 0. The quantitative estimate of drug-likeness (QED) is 0.255. The maximum Gasteiger partial charge on any atom is 0.192 e. The first-order valence-corrected chi connectivity index (χ1v) is 20.1. The van der Waals surface area contributed by atoms with Gasteiger partial charge in [-0.25, -0.2) is 0 Å². The van der Waals surface area contributed by atoms with Gasteiger partial charge in [0.15, 0.2) is 8.32 Å². The van der Waals surface area contributed by atoms with Crippen molar-refractivity contribution in [2.75, 3.05) is 12.4 Å². The minimum absolute atomic E-state index is 0.0956. The van der Waals surface area contributed by atoms with E-state index in [1.54, 1.807) is 11.1 Å². The van der Waals surface area contributed by atoms with Crippen LogP contribution in [-0.2, 0) is 4.43 Å². The fraction of sp³-hybridized carbons (Fsp3) is 0.882. The normalized spacial score (nSPS) is 36.0. The summed E-state index contributed by atoms with van der Waals surface area (Å²) < 4.78 is 6.89. The summed E-state index contributed by atoms with van der Waals surface area (Å²) in [4.78, 5) is 0. The van der Waals surface area contributed by atoms with Crippen molar-refractivity contribution in [3.8, 4) is 0 Å². The van der Waals surface area contributed by atoms with Crippen molar-refractivity contribution in [1.29, 1.82) is 0 Å². The lowest BCUT2D eigenvalue weighted by Crippen LogP contribution is -2.49. The second-order valence-corrected chi connectivity index (χ2v) is 21.8. The molecular formula is C34H60O3SSi. The average Bonchev–Trinajstić information content (AvgIpc) is 3.14. The fourth-order valence-electron chi connectivity index (χ4n) is 8.53. The molecule has 4 rings (SSSR count). The minimum Gasteiger partial charge on any atom is -0.416 e. The third kappa shape index (κ3) is 5.92. The number of hydrogen-bond donors (Lipinski definition) is 2. The van der Waals surface area contributed by atoms with E-state index in [-0.39, 0.29) is 27.7 Å². The molecule has 3 saturated carbocycles.